The molecule has 3 amide bonds. The third-order valence-corrected chi connectivity index (χ3v) is 2.90. The van der Waals surface area contributed by atoms with E-state index in [1.165, 1.54) is 14.2 Å². The van der Waals surface area contributed by atoms with Crippen LogP contribution in [-0.2, 0) is 4.84 Å². The lowest BCUT2D eigenvalue weighted by Crippen LogP contribution is -2.49. The summed E-state index contributed by atoms with van der Waals surface area (Å²) >= 11 is 0. The molecule has 16 heavy (non-hydrogen) atoms. The standard InChI is InChI=1S/C10H18N2O4/c1-11(16-2)9(13)12(10(14)15)8-6-4-3-5-7-8/h8H,3-7H2,1-2H3,(H,14,15). The van der Waals surface area contributed by atoms with Gasteiger partial charge in [0.25, 0.3) is 0 Å². The molecule has 0 radical (unpaired) electrons. The lowest BCUT2D eigenvalue weighted by molar-refractivity contribution is -0.0773. The van der Waals surface area contributed by atoms with Crippen LogP contribution >= 0.6 is 0 Å². The molecule has 1 rings (SSSR count). The van der Waals surface area contributed by atoms with Crippen LogP contribution in [0.4, 0.5) is 9.59 Å². The minimum absolute atomic E-state index is 0.212. The molecule has 1 N–H and O–H groups in total. The van der Waals surface area contributed by atoms with E-state index in [2.05, 4.69) is 0 Å². The van der Waals surface area contributed by atoms with Crippen molar-refractivity contribution < 1.29 is 19.5 Å². The van der Waals surface area contributed by atoms with Crippen molar-refractivity contribution in [2.75, 3.05) is 14.2 Å². The number of nitrogens with zero attached hydrogens (tertiary/aromatic N) is 2. The second-order valence-electron chi connectivity index (χ2n) is 3.91. The molecule has 1 saturated carbocycles. The van der Waals surface area contributed by atoms with Crippen LogP contribution in [0.3, 0.4) is 0 Å². The highest BCUT2D eigenvalue weighted by Crippen LogP contribution is 2.23. The van der Waals surface area contributed by atoms with Gasteiger partial charge in [-0.25, -0.2) is 19.6 Å². The van der Waals surface area contributed by atoms with Gasteiger partial charge in [-0.1, -0.05) is 19.3 Å². The summed E-state index contributed by atoms with van der Waals surface area (Å²) in [5.41, 5.74) is 0. The summed E-state index contributed by atoms with van der Waals surface area (Å²) < 4.78 is 0. The van der Waals surface area contributed by atoms with Gasteiger partial charge in [-0.05, 0) is 12.8 Å². The Hall–Kier alpha value is -1.30. The van der Waals surface area contributed by atoms with Crippen LogP contribution in [0.2, 0.25) is 0 Å². The average Bonchev–Trinajstić information content (AvgIpc) is 2.29. The number of carbonyl (C=O) groups excluding carboxylic acids is 1. The minimum atomic E-state index is -1.21. The fraction of sp³-hybridized carbons (Fsp3) is 0.800. The monoisotopic (exact) mass is 230 g/mol. The first-order valence-corrected chi connectivity index (χ1v) is 5.42. The molecule has 1 aliphatic carbocycles. The number of hydroxylamine groups is 2. The van der Waals surface area contributed by atoms with Crippen molar-refractivity contribution in [2.45, 2.75) is 38.1 Å². The molecule has 1 fully saturated rings. The molecule has 0 atom stereocenters. The second-order valence-corrected chi connectivity index (χ2v) is 3.91. The molecule has 0 bridgehead atoms. The number of urea groups is 1. The summed E-state index contributed by atoms with van der Waals surface area (Å²) in [4.78, 5) is 28.4. The summed E-state index contributed by atoms with van der Waals surface area (Å²) in [6, 6.07) is -0.835. The molecule has 0 saturated heterocycles. The van der Waals surface area contributed by atoms with Gasteiger partial charge in [0, 0.05) is 13.1 Å². The van der Waals surface area contributed by atoms with Gasteiger partial charge in [-0.3, -0.25) is 4.84 Å². The van der Waals surface area contributed by atoms with Crippen LogP contribution in [0.25, 0.3) is 0 Å². The molecule has 6 nitrogen and oxygen atoms in total. The molecular formula is C10H18N2O4. The molecule has 6 heteroatoms. The van der Waals surface area contributed by atoms with Crippen molar-refractivity contribution in [1.82, 2.24) is 9.96 Å². The Morgan fingerprint density at radius 1 is 1.25 bits per heavy atom. The smallest absolute Gasteiger partial charge is 0.415 e. The zero-order valence-electron chi connectivity index (χ0n) is 9.68. The Bertz CT molecular complexity index is 264. The van der Waals surface area contributed by atoms with Crippen LogP contribution in [-0.4, -0.2) is 47.4 Å². The van der Waals surface area contributed by atoms with Crippen LogP contribution < -0.4 is 0 Å². The fourth-order valence-electron chi connectivity index (χ4n) is 1.96. The van der Waals surface area contributed by atoms with E-state index in [0.29, 0.717) is 0 Å². The van der Waals surface area contributed by atoms with E-state index in [0.717, 1.165) is 42.1 Å². The molecule has 0 spiro atoms. The van der Waals surface area contributed by atoms with E-state index >= 15 is 0 Å². The van der Waals surface area contributed by atoms with Gasteiger partial charge in [0.1, 0.15) is 0 Å². The van der Waals surface area contributed by atoms with Crippen LogP contribution in [0.15, 0.2) is 0 Å². The summed E-state index contributed by atoms with van der Waals surface area (Å²) in [5, 5.41) is 10.00. The molecule has 0 aromatic rings. The van der Waals surface area contributed by atoms with E-state index < -0.39 is 12.1 Å². The van der Waals surface area contributed by atoms with E-state index in [4.69, 9.17) is 9.94 Å². The van der Waals surface area contributed by atoms with Gasteiger partial charge >= 0.3 is 12.1 Å². The summed E-state index contributed by atoms with van der Waals surface area (Å²) in [7, 11) is 2.74. The summed E-state index contributed by atoms with van der Waals surface area (Å²) in [5.74, 6) is 0. The normalized spacial score (nSPS) is 16.9. The van der Waals surface area contributed by atoms with E-state index in [-0.39, 0.29) is 6.04 Å². The number of amides is 3. The Labute approximate surface area is 94.7 Å². The first-order chi connectivity index (χ1) is 7.57. The molecular weight excluding hydrogens is 212 g/mol. The van der Waals surface area contributed by atoms with Gasteiger partial charge < -0.3 is 5.11 Å². The maximum Gasteiger partial charge on any atom is 0.415 e. The highest BCUT2D eigenvalue weighted by Gasteiger charge is 2.32. The van der Waals surface area contributed by atoms with Crippen molar-refractivity contribution in [3.05, 3.63) is 0 Å². The SMILES string of the molecule is CON(C)C(=O)N(C(=O)O)C1CCCCC1. The largest absolute Gasteiger partial charge is 0.465 e. The first kappa shape index (κ1) is 12.8. The van der Waals surface area contributed by atoms with Gasteiger partial charge in [0.2, 0.25) is 0 Å². The molecule has 1 aliphatic rings. The number of hydrogen-bond acceptors (Lipinski definition) is 3. The zero-order chi connectivity index (χ0) is 12.1. The average molecular weight is 230 g/mol. The Balaban J connectivity index is 2.73. The first-order valence-electron chi connectivity index (χ1n) is 5.42. The maximum absolute atomic E-state index is 11.8. The van der Waals surface area contributed by atoms with Gasteiger partial charge in [0.05, 0.1) is 7.11 Å². The fourth-order valence-corrected chi connectivity index (χ4v) is 1.96. The maximum atomic E-state index is 11.8. The van der Waals surface area contributed by atoms with Gasteiger partial charge in [-0.2, -0.15) is 0 Å². The number of carbonyl (C=O) groups is 2. The molecule has 92 valence electrons. The highest BCUT2D eigenvalue weighted by molar-refractivity contribution is 5.89. The van der Waals surface area contributed by atoms with Crippen LogP contribution in [0.1, 0.15) is 32.1 Å². The number of rotatable bonds is 2. The zero-order valence-corrected chi connectivity index (χ0v) is 9.68. The molecule has 0 aromatic heterocycles. The molecule has 0 heterocycles. The van der Waals surface area contributed by atoms with Crippen molar-refractivity contribution in [3.63, 3.8) is 0 Å². The van der Waals surface area contributed by atoms with E-state index in [9.17, 15) is 9.59 Å². The van der Waals surface area contributed by atoms with E-state index in [1.807, 2.05) is 0 Å². The van der Waals surface area contributed by atoms with Gasteiger partial charge in [-0.15, -0.1) is 0 Å². The molecule has 0 aromatic carbocycles. The highest BCUT2D eigenvalue weighted by atomic mass is 16.7. The molecule has 0 aliphatic heterocycles. The Kier molecular flexibility index (Phi) is 4.54. The third kappa shape index (κ3) is 2.85. The van der Waals surface area contributed by atoms with Crippen LogP contribution in [0, 0.1) is 0 Å². The number of hydrogen-bond donors (Lipinski definition) is 1. The third-order valence-electron chi connectivity index (χ3n) is 2.90. The quantitative estimate of drug-likeness (QED) is 0.736. The van der Waals surface area contributed by atoms with Crippen LogP contribution in [0.5, 0.6) is 0 Å². The predicted molar refractivity (Wildman–Crippen MR) is 56.9 cm³/mol. The van der Waals surface area contributed by atoms with E-state index in [1.54, 1.807) is 0 Å². The van der Waals surface area contributed by atoms with Crippen molar-refractivity contribution in [2.24, 2.45) is 0 Å². The molecule has 0 unspecified atom stereocenters. The number of carboxylic acid groups (broad SMARTS) is 1. The predicted octanol–water partition coefficient (Wildman–Crippen LogP) is 1.91. The van der Waals surface area contributed by atoms with Crippen molar-refractivity contribution >= 4 is 12.1 Å². The minimum Gasteiger partial charge on any atom is -0.465 e. The second kappa shape index (κ2) is 5.69. The Morgan fingerprint density at radius 2 is 1.81 bits per heavy atom. The Morgan fingerprint density at radius 3 is 2.25 bits per heavy atom. The van der Waals surface area contributed by atoms with Gasteiger partial charge in [0.15, 0.2) is 0 Å². The lowest BCUT2D eigenvalue weighted by Gasteiger charge is -2.32. The lowest BCUT2D eigenvalue weighted by atomic mass is 9.94. The van der Waals surface area contributed by atoms with Crippen molar-refractivity contribution in [3.8, 4) is 0 Å². The summed E-state index contributed by atoms with van der Waals surface area (Å²) in [6.45, 7) is 0. The summed E-state index contributed by atoms with van der Waals surface area (Å²) in [6.07, 6.45) is 3.33. The number of imide groups is 1. The topological polar surface area (TPSA) is 70.1 Å². The van der Waals surface area contributed by atoms with Crippen molar-refractivity contribution in [1.29, 1.82) is 0 Å².